The predicted molar refractivity (Wildman–Crippen MR) is 77.3 cm³/mol. The molecule has 2 aliphatic heterocycles. The molecule has 3 heterocycles. The number of aryl methyl sites for hydroxylation is 1. The number of ether oxygens (including phenoxy) is 1. The standard InChI is InChI=1S/C16H15F2N3O3/c1-9-19-20-15(24-9)16-7-21(5-10(16)6-23-8-16)14(22)11-3-2-4-12(17)13(11)18/h2-4,10H,5-8H2,1H3/t10-,16-/m0/s1. The summed E-state index contributed by atoms with van der Waals surface area (Å²) in [6.45, 7) is 3.15. The van der Waals surface area contributed by atoms with Gasteiger partial charge in [-0.15, -0.1) is 10.2 Å². The minimum atomic E-state index is -1.13. The minimum Gasteiger partial charge on any atom is -0.425 e. The van der Waals surface area contributed by atoms with E-state index in [-0.39, 0.29) is 18.0 Å². The number of amides is 1. The average Bonchev–Trinajstić information content (AvgIpc) is 3.22. The molecule has 8 heteroatoms. The van der Waals surface area contributed by atoms with Gasteiger partial charge in [0.25, 0.3) is 5.91 Å². The highest BCUT2D eigenvalue weighted by Gasteiger charge is 2.56. The number of carbonyl (C=O) groups is 1. The Labute approximate surface area is 136 Å². The largest absolute Gasteiger partial charge is 0.425 e. The van der Waals surface area contributed by atoms with Gasteiger partial charge in [0.05, 0.1) is 24.2 Å². The van der Waals surface area contributed by atoms with Crippen LogP contribution in [0.2, 0.25) is 0 Å². The molecule has 1 aromatic carbocycles. The molecule has 24 heavy (non-hydrogen) atoms. The zero-order valence-electron chi connectivity index (χ0n) is 13.0. The van der Waals surface area contributed by atoms with Crippen LogP contribution in [0.4, 0.5) is 8.78 Å². The summed E-state index contributed by atoms with van der Waals surface area (Å²) >= 11 is 0. The number of likely N-dealkylation sites (tertiary alicyclic amines) is 1. The van der Waals surface area contributed by atoms with Crippen LogP contribution in [-0.2, 0) is 10.2 Å². The van der Waals surface area contributed by atoms with Crippen molar-refractivity contribution in [2.45, 2.75) is 12.3 Å². The van der Waals surface area contributed by atoms with E-state index >= 15 is 0 Å². The molecular weight excluding hydrogens is 320 g/mol. The van der Waals surface area contributed by atoms with Gasteiger partial charge >= 0.3 is 0 Å². The SMILES string of the molecule is Cc1nnc([C@@]23COC[C@@H]2CN(C(=O)c2cccc(F)c2F)C3)o1. The van der Waals surface area contributed by atoms with Gasteiger partial charge in [0.15, 0.2) is 11.6 Å². The van der Waals surface area contributed by atoms with Gasteiger partial charge < -0.3 is 14.1 Å². The van der Waals surface area contributed by atoms with Crippen LogP contribution in [0.15, 0.2) is 22.6 Å². The van der Waals surface area contributed by atoms with Crippen molar-refractivity contribution in [1.29, 1.82) is 0 Å². The number of carbonyl (C=O) groups excluding carboxylic acids is 1. The van der Waals surface area contributed by atoms with Crippen molar-refractivity contribution in [2.24, 2.45) is 5.92 Å². The second-order valence-electron chi connectivity index (χ2n) is 6.28. The second-order valence-corrected chi connectivity index (χ2v) is 6.28. The van der Waals surface area contributed by atoms with Crippen molar-refractivity contribution in [3.63, 3.8) is 0 Å². The highest BCUT2D eigenvalue weighted by Crippen LogP contribution is 2.43. The molecule has 0 saturated carbocycles. The Bertz CT molecular complexity index is 810. The summed E-state index contributed by atoms with van der Waals surface area (Å²) in [6, 6.07) is 3.60. The van der Waals surface area contributed by atoms with Gasteiger partial charge in [0, 0.05) is 25.9 Å². The molecule has 2 atom stereocenters. The first-order chi connectivity index (χ1) is 11.5. The van der Waals surface area contributed by atoms with E-state index in [2.05, 4.69) is 10.2 Å². The minimum absolute atomic E-state index is 0.0158. The number of fused-ring (bicyclic) bond motifs is 1. The smallest absolute Gasteiger partial charge is 0.256 e. The van der Waals surface area contributed by atoms with E-state index in [1.54, 1.807) is 6.92 Å². The number of hydrogen-bond acceptors (Lipinski definition) is 5. The number of nitrogens with zero attached hydrogens (tertiary/aromatic N) is 3. The fourth-order valence-corrected chi connectivity index (χ4v) is 3.53. The highest BCUT2D eigenvalue weighted by molar-refractivity contribution is 5.94. The lowest BCUT2D eigenvalue weighted by Crippen LogP contribution is -2.37. The molecule has 126 valence electrons. The van der Waals surface area contributed by atoms with Crippen molar-refractivity contribution in [3.05, 3.63) is 47.2 Å². The van der Waals surface area contributed by atoms with E-state index in [0.717, 1.165) is 6.07 Å². The number of hydrogen-bond donors (Lipinski definition) is 0. The third kappa shape index (κ3) is 2.13. The molecule has 6 nitrogen and oxygen atoms in total. The quantitative estimate of drug-likeness (QED) is 0.835. The first-order valence-electron chi connectivity index (χ1n) is 7.63. The number of halogens is 2. The summed E-state index contributed by atoms with van der Waals surface area (Å²) < 4.78 is 38.5. The van der Waals surface area contributed by atoms with E-state index in [1.807, 2.05) is 0 Å². The number of benzene rings is 1. The molecule has 2 fully saturated rings. The van der Waals surface area contributed by atoms with Crippen LogP contribution in [0.5, 0.6) is 0 Å². The Kier molecular flexibility index (Phi) is 3.38. The van der Waals surface area contributed by atoms with Crippen LogP contribution >= 0.6 is 0 Å². The van der Waals surface area contributed by atoms with Crippen molar-refractivity contribution in [3.8, 4) is 0 Å². The van der Waals surface area contributed by atoms with Crippen LogP contribution in [0, 0.1) is 24.5 Å². The zero-order chi connectivity index (χ0) is 16.9. The molecule has 0 spiro atoms. The lowest BCUT2D eigenvalue weighted by atomic mass is 9.81. The highest BCUT2D eigenvalue weighted by atomic mass is 19.2. The summed E-state index contributed by atoms with van der Waals surface area (Å²) in [7, 11) is 0. The van der Waals surface area contributed by atoms with Gasteiger partial charge in [-0.2, -0.15) is 0 Å². The van der Waals surface area contributed by atoms with Crippen LogP contribution < -0.4 is 0 Å². The van der Waals surface area contributed by atoms with Crippen molar-refractivity contribution >= 4 is 5.91 Å². The topological polar surface area (TPSA) is 68.5 Å². The van der Waals surface area contributed by atoms with Crippen LogP contribution in [0.25, 0.3) is 0 Å². The first-order valence-corrected chi connectivity index (χ1v) is 7.63. The molecule has 0 N–H and O–H groups in total. The van der Waals surface area contributed by atoms with Crippen molar-refractivity contribution in [1.82, 2.24) is 15.1 Å². The van der Waals surface area contributed by atoms with E-state index in [0.29, 0.717) is 31.5 Å². The fraction of sp³-hybridized carbons (Fsp3) is 0.438. The molecule has 0 aliphatic carbocycles. The molecule has 1 aromatic heterocycles. The van der Waals surface area contributed by atoms with Crippen LogP contribution in [-0.4, -0.2) is 47.3 Å². The second kappa shape index (κ2) is 5.34. The number of aromatic nitrogens is 2. The Morgan fingerprint density at radius 3 is 2.96 bits per heavy atom. The van der Waals surface area contributed by atoms with Gasteiger partial charge in [0.1, 0.15) is 0 Å². The van der Waals surface area contributed by atoms with E-state index in [9.17, 15) is 13.6 Å². The Balaban J connectivity index is 1.66. The van der Waals surface area contributed by atoms with E-state index in [1.165, 1.54) is 17.0 Å². The Morgan fingerprint density at radius 1 is 1.38 bits per heavy atom. The molecular formula is C16H15F2N3O3. The van der Waals surface area contributed by atoms with Crippen molar-refractivity contribution < 1.29 is 22.7 Å². The average molecular weight is 335 g/mol. The van der Waals surface area contributed by atoms with Gasteiger partial charge in [-0.25, -0.2) is 8.78 Å². The Morgan fingerprint density at radius 2 is 2.21 bits per heavy atom. The van der Waals surface area contributed by atoms with Crippen molar-refractivity contribution in [2.75, 3.05) is 26.3 Å². The lowest BCUT2D eigenvalue weighted by molar-refractivity contribution is 0.0732. The first kappa shape index (κ1) is 15.2. The molecule has 0 unspecified atom stereocenters. The Hall–Kier alpha value is -2.35. The van der Waals surface area contributed by atoms with Gasteiger partial charge in [-0.1, -0.05) is 6.07 Å². The molecule has 1 amide bonds. The maximum Gasteiger partial charge on any atom is 0.256 e. The third-order valence-electron chi connectivity index (χ3n) is 4.80. The maximum absolute atomic E-state index is 13.9. The monoisotopic (exact) mass is 335 g/mol. The molecule has 0 bridgehead atoms. The van der Waals surface area contributed by atoms with Gasteiger partial charge in [0.2, 0.25) is 11.8 Å². The molecule has 2 saturated heterocycles. The normalized spacial score (nSPS) is 26.0. The summed E-state index contributed by atoms with van der Waals surface area (Å²) in [6.07, 6.45) is 0. The van der Waals surface area contributed by atoms with E-state index < -0.39 is 23.0 Å². The molecule has 2 aromatic rings. The van der Waals surface area contributed by atoms with Crippen LogP contribution in [0.1, 0.15) is 22.1 Å². The molecule has 0 radical (unpaired) electrons. The van der Waals surface area contributed by atoms with Crippen LogP contribution in [0.3, 0.4) is 0 Å². The zero-order valence-corrected chi connectivity index (χ0v) is 13.0. The van der Waals surface area contributed by atoms with Gasteiger partial charge in [-0.3, -0.25) is 4.79 Å². The van der Waals surface area contributed by atoms with E-state index in [4.69, 9.17) is 9.15 Å². The fourth-order valence-electron chi connectivity index (χ4n) is 3.53. The summed E-state index contributed by atoms with van der Waals surface area (Å²) in [5.41, 5.74) is -0.853. The molecule has 2 aliphatic rings. The summed E-state index contributed by atoms with van der Waals surface area (Å²) in [4.78, 5) is 14.1. The predicted octanol–water partition coefficient (Wildman–Crippen LogP) is 1.70. The number of rotatable bonds is 2. The van der Waals surface area contributed by atoms with Gasteiger partial charge in [-0.05, 0) is 12.1 Å². The lowest BCUT2D eigenvalue weighted by Gasteiger charge is -2.23. The summed E-state index contributed by atoms with van der Waals surface area (Å²) in [5.74, 6) is -1.86. The third-order valence-corrected chi connectivity index (χ3v) is 4.80. The summed E-state index contributed by atoms with van der Waals surface area (Å²) in [5, 5.41) is 7.95. The molecule has 4 rings (SSSR count). The maximum atomic E-state index is 13.9.